The van der Waals surface area contributed by atoms with E-state index in [0.29, 0.717) is 0 Å². The van der Waals surface area contributed by atoms with Gasteiger partial charge in [-0.1, -0.05) is 0 Å². The molecule has 0 aliphatic heterocycles. The predicted molar refractivity (Wildman–Crippen MR) is 32.4 cm³/mol. The van der Waals surface area contributed by atoms with Crippen molar-refractivity contribution in [3.8, 4) is 0 Å². The second-order valence-corrected chi connectivity index (χ2v) is 1.22. The van der Waals surface area contributed by atoms with Crippen LogP contribution in [0.2, 0.25) is 0 Å². The molecule has 0 fully saturated rings. The van der Waals surface area contributed by atoms with Crippen LogP contribution >= 0.6 is 12.4 Å². The highest BCUT2D eigenvalue weighted by atomic mass is 35.5. The number of aliphatic hydroxyl groups excluding tert-OH is 1. The first-order valence-corrected chi connectivity index (χ1v) is 2.01. The second-order valence-electron chi connectivity index (χ2n) is 1.22. The molecular formula is C3H11ClN2O2. The third kappa shape index (κ3) is 6.13. The molecule has 0 spiro atoms. The van der Waals surface area contributed by atoms with Crippen LogP contribution in [0.25, 0.3) is 0 Å². The van der Waals surface area contributed by atoms with Gasteiger partial charge in [-0.3, -0.25) is 0 Å². The average molecular weight is 143 g/mol. The third-order valence-corrected chi connectivity index (χ3v) is 0.561. The normalized spacial score (nSPS) is 12.4. The van der Waals surface area contributed by atoms with Crippen LogP contribution in [0.15, 0.2) is 0 Å². The Balaban J connectivity index is 0. The molecule has 1 unspecified atom stereocenters. The standard InChI is InChI=1S/C3H10N2O2.ClH/c4-1-3(6)2-7-5;/h3,6H,1-2,4-5H2;1H. The Morgan fingerprint density at radius 2 is 2.12 bits per heavy atom. The van der Waals surface area contributed by atoms with Crippen molar-refractivity contribution in [2.24, 2.45) is 11.6 Å². The van der Waals surface area contributed by atoms with E-state index < -0.39 is 6.10 Å². The van der Waals surface area contributed by atoms with E-state index in [1.165, 1.54) is 0 Å². The fraction of sp³-hybridized carbons (Fsp3) is 1.00. The molecule has 0 aromatic heterocycles. The van der Waals surface area contributed by atoms with Crippen molar-refractivity contribution in [2.45, 2.75) is 6.10 Å². The second kappa shape index (κ2) is 7.13. The molecule has 0 aliphatic carbocycles. The summed E-state index contributed by atoms with van der Waals surface area (Å²) in [6.45, 7) is 0.299. The molecule has 0 aromatic rings. The molecular weight excluding hydrogens is 131 g/mol. The summed E-state index contributed by atoms with van der Waals surface area (Å²) in [5, 5.41) is 8.53. The van der Waals surface area contributed by atoms with Gasteiger partial charge < -0.3 is 15.7 Å². The number of aliphatic hydroxyl groups is 1. The van der Waals surface area contributed by atoms with Crippen LogP contribution in [0, 0.1) is 0 Å². The van der Waals surface area contributed by atoms with Crippen molar-refractivity contribution in [1.29, 1.82) is 0 Å². The summed E-state index contributed by atoms with van der Waals surface area (Å²) in [6.07, 6.45) is -0.620. The van der Waals surface area contributed by atoms with Crippen LogP contribution in [0.4, 0.5) is 0 Å². The lowest BCUT2D eigenvalue weighted by molar-refractivity contribution is 0.0413. The van der Waals surface area contributed by atoms with Crippen molar-refractivity contribution in [3.63, 3.8) is 0 Å². The zero-order valence-electron chi connectivity index (χ0n) is 4.41. The van der Waals surface area contributed by atoms with Crippen LogP contribution in [0.3, 0.4) is 0 Å². The van der Waals surface area contributed by atoms with Gasteiger partial charge >= 0.3 is 0 Å². The van der Waals surface area contributed by atoms with Gasteiger partial charge in [-0.15, -0.1) is 12.4 Å². The smallest absolute Gasteiger partial charge is 0.0951 e. The van der Waals surface area contributed by atoms with Crippen molar-refractivity contribution in [2.75, 3.05) is 13.2 Å². The summed E-state index contributed by atoms with van der Waals surface area (Å²) in [5.74, 6) is 4.59. The van der Waals surface area contributed by atoms with Gasteiger partial charge in [0.25, 0.3) is 0 Å². The Bertz CT molecular complexity index is 46.3. The molecule has 52 valence electrons. The Labute approximate surface area is 54.2 Å². The summed E-state index contributed by atoms with van der Waals surface area (Å²) in [6, 6.07) is 0. The van der Waals surface area contributed by atoms with Gasteiger partial charge in [0.1, 0.15) is 0 Å². The Kier molecular flexibility index (Phi) is 9.80. The SMILES string of the molecule is Cl.NCC(O)CON. The quantitative estimate of drug-likeness (QED) is 0.424. The van der Waals surface area contributed by atoms with Gasteiger partial charge in [-0.2, -0.15) is 0 Å². The van der Waals surface area contributed by atoms with Gasteiger partial charge in [0, 0.05) is 6.54 Å². The highest BCUT2D eigenvalue weighted by Crippen LogP contribution is 1.73. The van der Waals surface area contributed by atoms with Gasteiger partial charge in [0.2, 0.25) is 0 Å². The van der Waals surface area contributed by atoms with Gasteiger partial charge in [0.05, 0.1) is 12.7 Å². The van der Waals surface area contributed by atoms with Crippen molar-refractivity contribution < 1.29 is 9.94 Å². The molecule has 1 atom stereocenters. The van der Waals surface area contributed by atoms with E-state index in [2.05, 4.69) is 10.7 Å². The van der Waals surface area contributed by atoms with Crippen LogP contribution in [0.5, 0.6) is 0 Å². The summed E-state index contributed by atoms with van der Waals surface area (Å²) >= 11 is 0. The first-order chi connectivity index (χ1) is 3.31. The largest absolute Gasteiger partial charge is 0.389 e. The van der Waals surface area contributed by atoms with Crippen LogP contribution in [-0.4, -0.2) is 24.4 Å². The molecule has 0 heterocycles. The molecule has 0 saturated carbocycles. The number of nitrogens with two attached hydrogens (primary N) is 2. The predicted octanol–water partition coefficient (Wildman–Crippen LogP) is -1.38. The van der Waals surface area contributed by atoms with Crippen molar-refractivity contribution in [3.05, 3.63) is 0 Å². The maximum atomic E-state index is 8.53. The number of hydrogen-bond acceptors (Lipinski definition) is 4. The Morgan fingerprint density at radius 1 is 1.62 bits per heavy atom. The van der Waals surface area contributed by atoms with E-state index in [1.54, 1.807) is 0 Å². The first-order valence-electron chi connectivity index (χ1n) is 2.01. The molecule has 0 bridgehead atoms. The van der Waals surface area contributed by atoms with Crippen LogP contribution < -0.4 is 11.6 Å². The van der Waals surface area contributed by atoms with Gasteiger partial charge in [-0.05, 0) is 0 Å². The summed E-state index contributed by atoms with van der Waals surface area (Å²) < 4.78 is 0. The molecule has 0 aliphatic rings. The van der Waals surface area contributed by atoms with Crippen molar-refractivity contribution >= 4 is 12.4 Å². The fourth-order valence-electron chi connectivity index (χ4n) is 0.179. The minimum absolute atomic E-state index is 0. The molecule has 5 heteroatoms. The van der Waals surface area contributed by atoms with Crippen LogP contribution in [0.1, 0.15) is 0 Å². The van der Waals surface area contributed by atoms with Crippen LogP contribution in [-0.2, 0) is 4.84 Å². The monoisotopic (exact) mass is 142 g/mol. The van der Waals surface area contributed by atoms with E-state index in [-0.39, 0.29) is 25.6 Å². The maximum Gasteiger partial charge on any atom is 0.0951 e. The summed E-state index contributed by atoms with van der Waals surface area (Å²) in [5.41, 5.74) is 4.97. The number of rotatable bonds is 3. The summed E-state index contributed by atoms with van der Waals surface area (Å²) in [7, 11) is 0. The topological polar surface area (TPSA) is 81.5 Å². The zero-order valence-corrected chi connectivity index (χ0v) is 5.23. The molecule has 0 amide bonds. The van der Waals surface area contributed by atoms with E-state index in [1.807, 2.05) is 0 Å². The molecule has 0 aromatic carbocycles. The lowest BCUT2D eigenvalue weighted by Crippen LogP contribution is -2.26. The van der Waals surface area contributed by atoms with E-state index in [4.69, 9.17) is 10.8 Å². The van der Waals surface area contributed by atoms with Gasteiger partial charge in [-0.25, -0.2) is 5.90 Å². The molecule has 0 saturated heterocycles. The minimum Gasteiger partial charge on any atom is -0.389 e. The first kappa shape index (κ1) is 11.0. The molecule has 4 nitrogen and oxygen atoms in total. The maximum absolute atomic E-state index is 8.53. The minimum atomic E-state index is -0.620. The fourth-order valence-corrected chi connectivity index (χ4v) is 0.179. The number of hydrogen-bond donors (Lipinski definition) is 3. The third-order valence-electron chi connectivity index (χ3n) is 0.561. The average Bonchev–Trinajstić information content (AvgIpc) is 1.68. The molecule has 8 heavy (non-hydrogen) atoms. The Morgan fingerprint density at radius 3 is 2.25 bits per heavy atom. The van der Waals surface area contributed by atoms with Crippen molar-refractivity contribution in [1.82, 2.24) is 0 Å². The molecule has 5 N–H and O–H groups in total. The lowest BCUT2D eigenvalue weighted by Gasteiger charge is -2.02. The zero-order chi connectivity index (χ0) is 5.70. The summed E-state index contributed by atoms with van der Waals surface area (Å²) in [4.78, 5) is 4.06. The van der Waals surface area contributed by atoms with E-state index in [9.17, 15) is 0 Å². The lowest BCUT2D eigenvalue weighted by atomic mass is 10.4. The molecule has 0 rings (SSSR count). The Hall–Kier alpha value is 0.130. The highest BCUT2D eigenvalue weighted by Gasteiger charge is 1.96. The van der Waals surface area contributed by atoms with E-state index >= 15 is 0 Å². The van der Waals surface area contributed by atoms with E-state index in [0.717, 1.165) is 0 Å². The highest BCUT2D eigenvalue weighted by molar-refractivity contribution is 5.85. The number of halogens is 1. The van der Waals surface area contributed by atoms with Gasteiger partial charge in [0.15, 0.2) is 0 Å². The molecule has 0 radical (unpaired) electrons.